The Kier molecular flexibility index (Phi) is 4.34. The Balaban J connectivity index is 1.98. The van der Waals surface area contributed by atoms with Crippen molar-refractivity contribution >= 4 is 21.4 Å². The molecular formula is C14H22N2O2S. The van der Waals surface area contributed by atoms with Gasteiger partial charge in [-0.3, -0.25) is 4.72 Å². The highest BCUT2D eigenvalue weighted by atomic mass is 32.2. The highest BCUT2D eigenvalue weighted by Crippen LogP contribution is 2.35. The molecule has 2 rings (SSSR count). The molecule has 1 atom stereocenters. The summed E-state index contributed by atoms with van der Waals surface area (Å²) in [6.45, 7) is 3.82. The van der Waals surface area contributed by atoms with Gasteiger partial charge in [-0.15, -0.1) is 0 Å². The van der Waals surface area contributed by atoms with E-state index >= 15 is 0 Å². The van der Waals surface area contributed by atoms with Crippen LogP contribution in [0.4, 0.5) is 11.4 Å². The van der Waals surface area contributed by atoms with Crippen molar-refractivity contribution in [3.05, 3.63) is 24.3 Å². The maximum absolute atomic E-state index is 11.4. The smallest absolute Gasteiger partial charge is 0.232 e. The number of benzene rings is 1. The predicted octanol–water partition coefficient (Wildman–Crippen LogP) is 3.05. The largest absolute Gasteiger partial charge is 0.382 e. The van der Waals surface area contributed by atoms with Gasteiger partial charge < -0.3 is 5.32 Å². The minimum absolute atomic E-state index is 0.0899. The number of hydrogen-bond donors (Lipinski definition) is 2. The lowest BCUT2D eigenvalue weighted by molar-refractivity contribution is 0.602. The van der Waals surface area contributed by atoms with Gasteiger partial charge in [0.1, 0.15) is 0 Å². The van der Waals surface area contributed by atoms with Crippen molar-refractivity contribution in [1.82, 2.24) is 0 Å². The molecule has 0 aromatic heterocycles. The second kappa shape index (κ2) is 5.82. The van der Waals surface area contributed by atoms with Gasteiger partial charge in [-0.2, -0.15) is 0 Å². The highest BCUT2D eigenvalue weighted by Gasteiger charge is 2.29. The van der Waals surface area contributed by atoms with Crippen molar-refractivity contribution in [2.24, 2.45) is 5.92 Å². The summed E-state index contributed by atoms with van der Waals surface area (Å²) >= 11 is 0. The summed E-state index contributed by atoms with van der Waals surface area (Å²) < 4.78 is 25.4. The zero-order valence-corrected chi connectivity index (χ0v) is 12.3. The van der Waals surface area contributed by atoms with Crippen molar-refractivity contribution in [3.63, 3.8) is 0 Å². The quantitative estimate of drug-likeness (QED) is 0.808. The average Bonchev–Trinajstić information content (AvgIpc) is 3.22. The standard InChI is InChI=1S/C14H22N2O2S/c1-3-14(11-5-6-11)15-12-7-9-13(10-8-12)16-19(17,18)4-2/h7-11,14-16H,3-6H2,1-2H3. The van der Waals surface area contributed by atoms with E-state index < -0.39 is 10.0 Å². The lowest BCUT2D eigenvalue weighted by Gasteiger charge is -2.18. The fourth-order valence-corrected chi connectivity index (χ4v) is 2.79. The molecule has 1 aromatic rings. The number of anilines is 2. The van der Waals surface area contributed by atoms with Crippen LogP contribution < -0.4 is 10.0 Å². The lowest BCUT2D eigenvalue weighted by atomic mass is 10.1. The van der Waals surface area contributed by atoms with E-state index in [0.29, 0.717) is 11.7 Å². The molecule has 0 bridgehead atoms. The van der Waals surface area contributed by atoms with Crippen LogP contribution in [-0.2, 0) is 10.0 Å². The van der Waals surface area contributed by atoms with Crippen molar-refractivity contribution in [3.8, 4) is 0 Å². The molecule has 0 aliphatic heterocycles. The number of rotatable bonds is 7. The van der Waals surface area contributed by atoms with Gasteiger partial charge in [0.15, 0.2) is 0 Å². The van der Waals surface area contributed by atoms with E-state index in [4.69, 9.17) is 0 Å². The Hall–Kier alpha value is -1.23. The van der Waals surface area contributed by atoms with Gasteiger partial charge in [-0.05, 0) is 56.4 Å². The van der Waals surface area contributed by atoms with Crippen LogP contribution in [0.5, 0.6) is 0 Å². The first kappa shape index (κ1) is 14.2. The Morgan fingerprint density at radius 2 is 1.74 bits per heavy atom. The zero-order chi connectivity index (χ0) is 13.9. The second-order valence-corrected chi connectivity index (χ2v) is 7.09. The summed E-state index contributed by atoms with van der Waals surface area (Å²) in [5.41, 5.74) is 1.67. The minimum Gasteiger partial charge on any atom is -0.382 e. The molecule has 1 aromatic carbocycles. The Morgan fingerprint density at radius 1 is 1.16 bits per heavy atom. The molecule has 1 unspecified atom stereocenters. The number of nitrogens with one attached hydrogen (secondary N) is 2. The molecule has 0 saturated heterocycles. The summed E-state index contributed by atoms with van der Waals surface area (Å²) in [5.74, 6) is 0.898. The van der Waals surface area contributed by atoms with E-state index in [-0.39, 0.29) is 5.75 Å². The topological polar surface area (TPSA) is 58.2 Å². The first-order valence-corrected chi connectivity index (χ1v) is 8.56. The van der Waals surface area contributed by atoms with Crippen LogP contribution in [0, 0.1) is 5.92 Å². The molecule has 19 heavy (non-hydrogen) atoms. The molecule has 1 saturated carbocycles. The SMILES string of the molecule is CCC(Nc1ccc(NS(=O)(=O)CC)cc1)C1CC1. The van der Waals surface area contributed by atoms with Gasteiger partial charge in [0.05, 0.1) is 5.75 Å². The Labute approximate surface area is 115 Å². The molecule has 0 heterocycles. The molecule has 5 heteroatoms. The number of hydrogen-bond acceptors (Lipinski definition) is 3. The summed E-state index contributed by atoms with van der Waals surface area (Å²) in [6.07, 6.45) is 3.76. The fourth-order valence-electron chi connectivity index (χ4n) is 2.15. The monoisotopic (exact) mass is 282 g/mol. The molecule has 0 amide bonds. The molecule has 1 aliphatic rings. The van der Waals surface area contributed by atoms with Gasteiger partial charge in [0, 0.05) is 17.4 Å². The van der Waals surface area contributed by atoms with Crippen molar-refractivity contribution in [1.29, 1.82) is 0 Å². The molecular weight excluding hydrogens is 260 g/mol. The second-order valence-electron chi connectivity index (χ2n) is 5.08. The average molecular weight is 282 g/mol. The van der Waals surface area contributed by atoms with Crippen LogP contribution in [0.25, 0.3) is 0 Å². The van der Waals surface area contributed by atoms with E-state index in [9.17, 15) is 8.42 Å². The van der Waals surface area contributed by atoms with Crippen molar-refractivity contribution in [2.75, 3.05) is 15.8 Å². The highest BCUT2D eigenvalue weighted by molar-refractivity contribution is 7.92. The summed E-state index contributed by atoms with van der Waals surface area (Å²) in [6, 6.07) is 8.00. The van der Waals surface area contributed by atoms with Crippen LogP contribution >= 0.6 is 0 Å². The van der Waals surface area contributed by atoms with Crippen LogP contribution in [0.3, 0.4) is 0 Å². The van der Waals surface area contributed by atoms with Gasteiger partial charge in [-0.25, -0.2) is 8.42 Å². The molecule has 1 fully saturated rings. The van der Waals surface area contributed by atoms with Crippen LogP contribution in [0.2, 0.25) is 0 Å². The van der Waals surface area contributed by atoms with Crippen LogP contribution in [0.15, 0.2) is 24.3 Å². The van der Waals surface area contributed by atoms with E-state index in [1.54, 1.807) is 19.1 Å². The third kappa shape index (κ3) is 4.13. The first-order valence-electron chi connectivity index (χ1n) is 6.91. The Bertz CT molecular complexity index is 507. The van der Waals surface area contributed by atoms with Crippen molar-refractivity contribution in [2.45, 2.75) is 39.2 Å². The van der Waals surface area contributed by atoms with E-state index in [2.05, 4.69) is 17.0 Å². The van der Waals surface area contributed by atoms with Gasteiger partial charge in [-0.1, -0.05) is 6.92 Å². The summed E-state index contributed by atoms with van der Waals surface area (Å²) in [4.78, 5) is 0. The molecule has 0 radical (unpaired) electrons. The predicted molar refractivity (Wildman–Crippen MR) is 80.0 cm³/mol. The van der Waals surface area contributed by atoms with Crippen LogP contribution in [0.1, 0.15) is 33.1 Å². The third-order valence-electron chi connectivity index (χ3n) is 3.52. The Morgan fingerprint density at radius 3 is 2.21 bits per heavy atom. The van der Waals surface area contributed by atoms with Gasteiger partial charge in [0.2, 0.25) is 10.0 Å². The van der Waals surface area contributed by atoms with Gasteiger partial charge in [0.25, 0.3) is 0 Å². The first-order chi connectivity index (χ1) is 9.04. The maximum Gasteiger partial charge on any atom is 0.232 e. The van der Waals surface area contributed by atoms with E-state index in [0.717, 1.165) is 18.0 Å². The fraction of sp³-hybridized carbons (Fsp3) is 0.571. The molecule has 106 valence electrons. The molecule has 1 aliphatic carbocycles. The maximum atomic E-state index is 11.4. The molecule has 0 spiro atoms. The summed E-state index contributed by atoms with van der Waals surface area (Å²) in [7, 11) is -3.19. The van der Waals surface area contributed by atoms with Gasteiger partial charge >= 0.3 is 0 Å². The zero-order valence-electron chi connectivity index (χ0n) is 11.5. The molecule has 4 nitrogen and oxygen atoms in total. The third-order valence-corrected chi connectivity index (χ3v) is 4.83. The van der Waals surface area contributed by atoms with Crippen molar-refractivity contribution < 1.29 is 8.42 Å². The molecule has 2 N–H and O–H groups in total. The van der Waals surface area contributed by atoms with E-state index in [1.807, 2.05) is 12.1 Å². The minimum atomic E-state index is -3.19. The summed E-state index contributed by atoms with van der Waals surface area (Å²) in [5, 5.41) is 3.52. The van der Waals surface area contributed by atoms with E-state index in [1.165, 1.54) is 12.8 Å². The lowest BCUT2D eigenvalue weighted by Crippen LogP contribution is -2.20. The number of sulfonamides is 1. The van der Waals surface area contributed by atoms with Crippen LogP contribution in [-0.4, -0.2) is 20.2 Å². The normalized spacial score (nSPS) is 16.9.